The van der Waals surface area contributed by atoms with E-state index in [1.54, 1.807) is 0 Å². The number of aliphatic imine (C=N–C) groups is 1. The Morgan fingerprint density at radius 2 is 1.54 bits per heavy atom. The standard InChI is InChI=1S/C24H20BrNO2/c1-24(2)18-6-3-5-17(21(18)28-22-19(24)7-4-8-20(22)25)15-9-11-16(12-10-15)23-26-13-14-27-23/h3-12H,13-14H2,1-2H3. The summed E-state index contributed by atoms with van der Waals surface area (Å²) in [7, 11) is 0. The van der Waals surface area contributed by atoms with Gasteiger partial charge in [-0.05, 0) is 39.7 Å². The first kappa shape index (κ1) is 17.5. The van der Waals surface area contributed by atoms with Crippen LogP contribution in [0.15, 0.2) is 70.1 Å². The normalized spacial score (nSPS) is 16.5. The summed E-state index contributed by atoms with van der Waals surface area (Å²) in [6, 6.07) is 21.0. The van der Waals surface area contributed by atoms with Gasteiger partial charge in [-0.15, -0.1) is 0 Å². The molecule has 0 saturated carbocycles. The molecule has 0 N–H and O–H groups in total. The number of hydrogen-bond donors (Lipinski definition) is 0. The minimum absolute atomic E-state index is 0.144. The Morgan fingerprint density at radius 3 is 2.25 bits per heavy atom. The Hall–Kier alpha value is -2.59. The van der Waals surface area contributed by atoms with Crippen molar-refractivity contribution in [3.8, 4) is 22.6 Å². The van der Waals surface area contributed by atoms with Gasteiger partial charge in [0.05, 0.1) is 11.0 Å². The van der Waals surface area contributed by atoms with Gasteiger partial charge in [-0.3, -0.25) is 0 Å². The smallest absolute Gasteiger partial charge is 0.216 e. The molecule has 28 heavy (non-hydrogen) atoms. The first-order chi connectivity index (χ1) is 13.6. The van der Waals surface area contributed by atoms with E-state index >= 15 is 0 Å². The van der Waals surface area contributed by atoms with Crippen LogP contribution in [0.3, 0.4) is 0 Å². The Balaban J connectivity index is 1.62. The number of ether oxygens (including phenoxy) is 2. The average molecular weight is 434 g/mol. The highest BCUT2D eigenvalue weighted by Crippen LogP contribution is 2.52. The van der Waals surface area contributed by atoms with E-state index in [9.17, 15) is 0 Å². The molecule has 0 aliphatic carbocycles. The topological polar surface area (TPSA) is 30.8 Å². The monoisotopic (exact) mass is 433 g/mol. The van der Waals surface area contributed by atoms with Gasteiger partial charge in [0.2, 0.25) is 5.90 Å². The van der Waals surface area contributed by atoms with Gasteiger partial charge in [-0.2, -0.15) is 0 Å². The van der Waals surface area contributed by atoms with Crippen LogP contribution < -0.4 is 4.74 Å². The first-order valence-electron chi connectivity index (χ1n) is 9.44. The predicted octanol–water partition coefficient (Wildman–Crippen LogP) is 6.32. The third-order valence-corrected chi connectivity index (χ3v) is 6.19. The highest BCUT2D eigenvalue weighted by Gasteiger charge is 2.36. The van der Waals surface area contributed by atoms with Gasteiger partial charge in [-0.25, -0.2) is 4.99 Å². The molecular formula is C24H20BrNO2. The summed E-state index contributed by atoms with van der Waals surface area (Å²) < 4.78 is 13.0. The zero-order chi connectivity index (χ0) is 19.3. The fraction of sp³-hybridized carbons (Fsp3) is 0.208. The average Bonchev–Trinajstić information content (AvgIpc) is 3.24. The van der Waals surface area contributed by atoms with E-state index in [4.69, 9.17) is 9.47 Å². The molecule has 2 heterocycles. The van der Waals surface area contributed by atoms with Crippen LogP contribution in [-0.2, 0) is 10.2 Å². The van der Waals surface area contributed by atoms with Gasteiger partial charge in [-0.1, -0.05) is 56.3 Å². The molecule has 2 aliphatic rings. The summed E-state index contributed by atoms with van der Waals surface area (Å²) in [5, 5.41) is 0. The Morgan fingerprint density at radius 1 is 0.857 bits per heavy atom. The molecule has 0 radical (unpaired) electrons. The largest absolute Gasteiger partial charge is 0.476 e. The molecule has 3 nitrogen and oxygen atoms in total. The maximum absolute atomic E-state index is 6.46. The summed E-state index contributed by atoms with van der Waals surface area (Å²) in [5.74, 6) is 2.56. The number of hydrogen-bond acceptors (Lipinski definition) is 3. The highest BCUT2D eigenvalue weighted by atomic mass is 79.9. The zero-order valence-corrected chi connectivity index (χ0v) is 17.4. The first-order valence-corrected chi connectivity index (χ1v) is 10.2. The number of fused-ring (bicyclic) bond motifs is 2. The van der Waals surface area contributed by atoms with Crippen LogP contribution >= 0.6 is 15.9 Å². The molecule has 3 aromatic rings. The number of benzene rings is 3. The summed E-state index contributed by atoms with van der Waals surface area (Å²) in [4.78, 5) is 4.40. The van der Waals surface area contributed by atoms with Gasteiger partial charge in [0.1, 0.15) is 18.1 Å². The van der Waals surface area contributed by atoms with E-state index < -0.39 is 0 Å². The van der Waals surface area contributed by atoms with Gasteiger partial charge in [0.15, 0.2) is 0 Å². The van der Waals surface area contributed by atoms with Crippen molar-refractivity contribution in [2.75, 3.05) is 13.2 Å². The summed E-state index contributed by atoms with van der Waals surface area (Å²) in [6.07, 6.45) is 0. The highest BCUT2D eigenvalue weighted by molar-refractivity contribution is 9.10. The van der Waals surface area contributed by atoms with Crippen molar-refractivity contribution < 1.29 is 9.47 Å². The molecule has 5 rings (SSSR count). The van der Waals surface area contributed by atoms with E-state index in [0.717, 1.165) is 45.1 Å². The van der Waals surface area contributed by atoms with E-state index in [-0.39, 0.29) is 5.41 Å². The number of nitrogens with zero attached hydrogens (tertiary/aromatic N) is 1. The van der Waals surface area contributed by atoms with Gasteiger partial charge in [0.25, 0.3) is 0 Å². The molecule has 0 amide bonds. The fourth-order valence-corrected chi connectivity index (χ4v) is 4.47. The van der Waals surface area contributed by atoms with E-state index in [1.165, 1.54) is 11.1 Å². The van der Waals surface area contributed by atoms with Gasteiger partial charge < -0.3 is 9.47 Å². The van der Waals surface area contributed by atoms with Crippen LogP contribution in [0.25, 0.3) is 11.1 Å². The summed E-state index contributed by atoms with van der Waals surface area (Å²) in [5.41, 5.74) is 5.47. The number of halogens is 1. The van der Waals surface area contributed by atoms with Crippen molar-refractivity contribution in [2.45, 2.75) is 19.3 Å². The minimum atomic E-state index is -0.144. The maximum atomic E-state index is 6.46. The Bertz CT molecular complexity index is 1100. The van der Waals surface area contributed by atoms with E-state index in [0.29, 0.717) is 6.61 Å². The molecule has 0 unspecified atom stereocenters. The lowest BCUT2D eigenvalue weighted by Gasteiger charge is -2.36. The predicted molar refractivity (Wildman–Crippen MR) is 116 cm³/mol. The minimum Gasteiger partial charge on any atom is -0.476 e. The lowest BCUT2D eigenvalue weighted by Crippen LogP contribution is -2.24. The van der Waals surface area contributed by atoms with Crippen LogP contribution in [0.2, 0.25) is 0 Å². The quantitative estimate of drug-likeness (QED) is 0.472. The second-order valence-electron chi connectivity index (χ2n) is 7.64. The molecule has 0 spiro atoms. The van der Waals surface area contributed by atoms with Crippen molar-refractivity contribution in [3.05, 3.63) is 81.8 Å². The van der Waals surface area contributed by atoms with Crippen molar-refractivity contribution >= 4 is 21.8 Å². The lowest BCUT2D eigenvalue weighted by atomic mass is 9.75. The van der Waals surface area contributed by atoms with E-state index in [1.807, 2.05) is 6.07 Å². The van der Waals surface area contributed by atoms with Crippen molar-refractivity contribution in [1.29, 1.82) is 0 Å². The van der Waals surface area contributed by atoms with E-state index in [2.05, 4.69) is 89.4 Å². The lowest BCUT2D eigenvalue weighted by molar-refractivity contribution is 0.348. The molecule has 0 saturated heterocycles. The third-order valence-electron chi connectivity index (χ3n) is 5.56. The summed E-state index contributed by atoms with van der Waals surface area (Å²) in [6.45, 7) is 5.91. The number of rotatable bonds is 2. The fourth-order valence-electron chi connectivity index (χ4n) is 4.02. The molecular weight excluding hydrogens is 414 g/mol. The second-order valence-corrected chi connectivity index (χ2v) is 8.49. The molecule has 0 bridgehead atoms. The SMILES string of the molecule is CC1(C)c2cccc(Br)c2Oc2c(-c3ccc(C4=NCCO4)cc3)cccc21. The molecule has 0 aromatic heterocycles. The van der Waals surface area contributed by atoms with Gasteiger partial charge in [0, 0.05) is 27.7 Å². The van der Waals surface area contributed by atoms with Crippen LogP contribution in [0, 0.1) is 0 Å². The number of para-hydroxylation sites is 2. The molecule has 0 fully saturated rings. The molecule has 140 valence electrons. The summed E-state index contributed by atoms with van der Waals surface area (Å²) >= 11 is 3.66. The van der Waals surface area contributed by atoms with Crippen LogP contribution in [0.1, 0.15) is 30.5 Å². The zero-order valence-electron chi connectivity index (χ0n) is 15.8. The van der Waals surface area contributed by atoms with Crippen LogP contribution in [0.5, 0.6) is 11.5 Å². The molecule has 4 heteroatoms. The Kier molecular flexibility index (Phi) is 4.06. The van der Waals surface area contributed by atoms with Crippen LogP contribution in [-0.4, -0.2) is 19.0 Å². The third kappa shape index (κ3) is 2.67. The maximum Gasteiger partial charge on any atom is 0.216 e. The van der Waals surface area contributed by atoms with Crippen molar-refractivity contribution in [3.63, 3.8) is 0 Å². The van der Waals surface area contributed by atoms with Crippen LogP contribution in [0.4, 0.5) is 0 Å². The van der Waals surface area contributed by atoms with Crippen molar-refractivity contribution in [1.82, 2.24) is 0 Å². The molecule has 2 aliphatic heterocycles. The molecule has 3 aromatic carbocycles. The molecule has 0 atom stereocenters. The second kappa shape index (κ2) is 6.49. The van der Waals surface area contributed by atoms with Gasteiger partial charge >= 0.3 is 0 Å². The Labute approximate surface area is 173 Å². The van der Waals surface area contributed by atoms with Crippen molar-refractivity contribution in [2.24, 2.45) is 4.99 Å².